The Morgan fingerprint density at radius 3 is 2.76 bits per heavy atom. The SMILES string of the molecule is CCCc1cc(=O)[nH]c(NN=Cc2c(Cl)cccc2Cl)n1. The van der Waals surface area contributed by atoms with Gasteiger partial charge in [-0.05, 0) is 18.6 Å². The van der Waals surface area contributed by atoms with Gasteiger partial charge in [0.2, 0.25) is 5.95 Å². The van der Waals surface area contributed by atoms with Crippen LogP contribution < -0.4 is 11.0 Å². The number of anilines is 1. The van der Waals surface area contributed by atoms with Crippen LogP contribution in [0.1, 0.15) is 24.6 Å². The first-order valence-corrected chi connectivity index (χ1v) is 7.19. The fourth-order valence-electron chi connectivity index (χ4n) is 1.74. The minimum Gasteiger partial charge on any atom is -0.291 e. The lowest BCUT2D eigenvalue weighted by Gasteiger charge is -2.03. The van der Waals surface area contributed by atoms with E-state index in [1.54, 1.807) is 18.2 Å². The maximum Gasteiger partial charge on any atom is 0.252 e. The van der Waals surface area contributed by atoms with Gasteiger partial charge in [0, 0.05) is 17.3 Å². The molecular weight excluding hydrogens is 311 g/mol. The molecule has 0 bridgehead atoms. The second-order valence-corrected chi connectivity index (χ2v) is 5.16. The van der Waals surface area contributed by atoms with Gasteiger partial charge in [0.1, 0.15) is 0 Å². The van der Waals surface area contributed by atoms with E-state index in [4.69, 9.17) is 23.2 Å². The van der Waals surface area contributed by atoms with Gasteiger partial charge >= 0.3 is 0 Å². The highest BCUT2D eigenvalue weighted by molar-refractivity contribution is 6.38. The standard InChI is InChI=1S/C14H14Cl2N4O/c1-2-4-9-7-13(21)19-14(18-9)20-17-8-10-11(15)5-3-6-12(10)16/h3,5-8H,2,4H2,1H3,(H2,18,19,20,21). The molecule has 2 rings (SSSR count). The molecule has 0 atom stereocenters. The van der Waals surface area contributed by atoms with Crippen LogP contribution in [0.3, 0.4) is 0 Å². The quantitative estimate of drug-likeness (QED) is 0.653. The van der Waals surface area contributed by atoms with Crippen molar-refractivity contribution in [1.29, 1.82) is 0 Å². The third-order valence-corrected chi connectivity index (χ3v) is 3.32. The van der Waals surface area contributed by atoms with E-state index in [-0.39, 0.29) is 11.5 Å². The molecule has 0 aliphatic carbocycles. The topological polar surface area (TPSA) is 70.1 Å². The largest absolute Gasteiger partial charge is 0.291 e. The van der Waals surface area contributed by atoms with Crippen LogP contribution in [-0.4, -0.2) is 16.2 Å². The number of rotatable bonds is 5. The summed E-state index contributed by atoms with van der Waals surface area (Å²) in [5.41, 5.74) is 3.77. The molecule has 5 nitrogen and oxygen atoms in total. The van der Waals surface area contributed by atoms with Crippen LogP contribution in [0.5, 0.6) is 0 Å². The molecule has 0 unspecified atom stereocenters. The van der Waals surface area contributed by atoms with Gasteiger partial charge in [0.15, 0.2) is 0 Å². The number of nitrogens with one attached hydrogen (secondary N) is 2. The summed E-state index contributed by atoms with van der Waals surface area (Å²) in [4.78, 5) is 18.3. The van der Waals surface area contributed by atoms with Crippen molar-refractivity contribution in [1.82, 2.24) is 9.97 Å². The summed E-state index contributed by atoms with van der Waals surface area (Å²) < 4.78 is 0. The molecule has 0 amide bonds. The van der Waals surface area contributed by atoms with Crippen molar-refractivity contribution >= 4 is 35.4 Å². The molecule has 21 heavy (non-hydrogen) atoms. The Morgan fingerprint density at radius 1 is 1.38 bits per heavy atom. The summed E-state index contributed by atoms with van der Waals surface area (Å²) >= 11 is 12.1. The number of hydrazone groups is 1. The Bertz CT molecular complexity index is 692. The van der Waals surface area contributed by atoms with Gasteiger partial charge in [0.25, 0.3) is 5.56 Å². The van der Waals surface area contributed by atoms with Crippen LogP contribution >= 0.6 is 23.2 Å². The van der Waals surface area contributed by atoms with E-state index in [0.717, 1.165) is 18.5 Å². The Hall–Kier alpha value is -1.85. The number of H-pyrrole nitrogens is 1. The van der Waals surface area contributed by atoms with E-state index in [2.05, 4.69) is 20.5 Å². The van der Waals surface area contributed by atoms with E-state index in [0.29, 0.717) is 15.6 Å². The highest BCUT2D eigenvalue weighted by Gasteiger charge is 2.03. The van der Waals surface area contributed by atoms with Gasteiger partial charge in [-0.2, -0.15) is 5.10 Å². The molecule has 1 heterocycles. The van der Waals surface area contributed by atoms with Crippen molar-refractivity contribution in [2.24, 2.45) is 5.10 Å². The Balaban J connectivity index is 2.16. The fraction of sp³-hybridized carbons (Fsp3) is 0.214. The van der Waals surface area contributed by atoms with Crippen molar-refractivity contribution < 1.29 is 0 Å². The maximum atomic E-state index is 11.5. The number of benzene rings is 1. The lowest BCUT2D eigenvalue weighted by atomic mass is 10.2. The Labute approximate surface area is 132 Å². The minimum absolute atomic E-state index is 0.220. The third-order valence-electron chi connectivity index (χ3n) is 2.66. The van der Waals surface area contributed by atoms with Gasteiger partial charge in [-0.25, -0.2) is 10.4 Å². The second kappa shape index (κ2) is 7.24. The third kappa shape index (κ3) is 4.31. The Kier molecular flexibility index (Phi) is 5.36. The number of halogens is 2. The first kappa shape index (κ1) is 15.5. The van der Waals surface area contributed by atoms with Crippen molar-refractivity contribution in [2.75, 3.05) is 5.43 Å². The smallest absolute Gasteiger partial charge is 0.252 e. The van der Waals surface area contributed by atoms with Crippen molar-refractivity contribution in [3.05, 3.63) is 55.9 Å². The van der Waals surface area contributed by atoms with Crippen molar-refractivity contribution in [3.63, 3.8) is 0 Å². The molecule has 0 aliphatic rings. The normalized spacial score (nSPS) is 11.0. The van der Waals surface area contributed by atoms with Gasteiger partial charge in [0.05, 0.1) is 16.3 Å². The van der Waals surface area contributed by atoms with Crippen LogP contribution in [0.15, 0.2) is 34.2 Å². The van der Waals surface area contributed by atoms with Gasteiger partial charge in [-0.1, -0.05) is 42.6 Å². The van der Waals surface area contributed by atoms with E-state index in [1.165, 1.54) is 12.3 Å². The van der Waals surface area contributed by atoms with Crippen molar-refractivity contribution in [2.45, 2.75) is 19.8 Å². The van der Waals surface area contributed by atoms with E-state index in [1.807, 2.05) is 6.92 Å². The zero-order valence-corrected chi connectivity index (χ0v) is 12.9. The first-order valence-electron chi connectivity index (χ1n) is 6.43. The number of hydrogen-bond donors (Lipinski definition) is 2. The molecule has 7 heteroatoms. The van der Waals surface area contributed by atoms with Crippen LogP contribution in [0.4, 0.5) is 5.95 Å². The number of hydrogen-bond acceptors (Lipinski definition) is 4. The summed E-state index contributed by atoms with van der Waals surface area (Å²) in [5.74, 6) is 0.283. The van der Waals surface area contributed by atoms with Crippen LogP contribution in [-0.2, 0) is 6.42 Å². The second-order valence-electron chi connectivity index (χ2n) is 4.34. The Morgan fingerprint density at radius 2 is 2.10 bits per heavy atom. The lowest BCUT2D eigenvalue weighted by molar-refractivity contribution is 0.867. The average Bonchev–Trinajstić information content (AvgIpc) is 2.42. The predicted molar refractivity (Wildman–Crippen MR) is 86.5 cm³/mol. The van der Waals surface area contributed by atoms with E-state index in [9.17, 15) is 4.79 Å². The molecule has 1 aromatic carbocycles. The number of aryl methyl sites for hydroxylation is 1. The average molecular weight is 325 g/mol. The summed E-state index contributed by atoms with van der Waals surface area (Å²) in [5, 5.41) is 4.99. The highest BCUT2D eigenvalue weighted by Crippen LogP contribution is 2.22. The molecule has 2 N–H and O–H groups in total. The molecule has 0 radical (unpaired) electrons. The van der Waals surface area contributed by atoms with Crippen LogP contribution in [0.2, 0.25) is 10.0 Å². The predicted octanol–water partition coefficient (Wildman–Crippen LogP) is 3.48. The van der Waals surface area contributed by atoms with E-state index >= 15 is 0 Å². The molecule has 110 valence electrons. The molecule has 0 aliphatic heterocycles. The van der Waals surface area contributed by atoms with Crippen LogP contribution in [0.25, 0.3) is 0 Å². The molecule has 2 aromatic rings. The number of nitrogens with zero attached hydrogens (tertiary/aromatic N) is 2. The highest BCUT2D eigenvalue weighted by atomic mass is 35.5. The number of aromatic amines is 1. The monoisotopic (exact) mass is 324 g/mol. The molecule has 1 aromatic heterocycles. The molecule has 0 saturated heterocycles. The zero-order valence-electron chi connectivity index (χ0n) is 11.4. The van der Waals surface area contributed by atoms with Crippen molar-refractivity contribution in [3.8, 4) is 0 Å². The molecule has 0 saturated carbocycles. The number of aromatic nitrogens is 2. The first-order chi connectivity index (χ1) is 10.1. The maximum absolute atomic E-state index is 11.5. The van der Waals surface area contributed by atoms with Gasteiger partial charge in [-0.3, -0.25) is 9.78 Å². The summed E-state index contributed by atoms with van der Waals surface area (Å²) in [6.07, 6.45) is 3.13. The zero-order chi connectivity index (χ0) is 15.2. The minimum atomic E-state index is -0.220. The van der Waals surface area contributed by atoms with Gasteiger partial charge < -0.3 is 0 Å². The lowest BCUT2D eigenvalue weighted by Crippen LogP contribution is -2.12. The van der Waals surface area contributed by atoms with Gasteiger partial charge in [-0.15, -0.1) is 0 Å². The molecule has 0 fully saturated rings. The van der Waals surface area contributed by atoms with Crippen LogP contribution in [0, 0.1) is 0 Å². The fourth-order valence-corrected chi connectivity index (χ4v) is 2.23. The molecular formula is C14H14Cl2N4O. The summed E-state index contributed by atoms with van der Waals surface area (Å²) in [6.45, 7) is 2.02. The summed E-state index contributed by atoms with van der Waals surface area (Å²) in [6, 6.07) is 6.67. The van der Waals surface area contributed by atoms with E-state index < -0.39 is 0 Å². The summed E-state index contributed by atoms with van der Waals surface area (Å²) in [7, 11) is 0. The molecule has 0 spiro atoms.